The maximum absolute atomic E-state index is 13.0. The van der Waals surface area contributed by atoms with E-state index in [1.54, 1.807) is 48.5 Å². The van der Waals surface area contributed by atoms with Gasteiger partial charge in [0.15, 0.2) is 0 Å². The first kappa shape index (κ1) is 34.5. The molecule has 0 aliphatic rings. The van der Waals surface area contributed by atoms with Gasteiger partial charge in [-0.25, -0.2) is 9.59 Å². The lowest BCUT2D eigenvalue weighted by Gasteiger charge is -2.26. The lowest BCUT2D eigenvalue weighted by atomic mass is 9.78. The Kier molecular flexibility index (Phi) is 10.8. The van der Waals surface area contributed by atoms with Crippen LogP contribution in [0.5, 0.6) is 17.2 Å². The monoisotopic (exact) mass is 620 g/mol. The molecule has 0 spiro atoms. The molecule has 5 heteroatoms. The Hall–Kier alpha value is -4.38. The van der Waals surface area contributed by atoms with E-state index in [-0.39, 0.29) is 17.3 Å². The smallest absolute Gasteiger partial charge is 0.343 e. The van der Waals surface area contributed by atoms with Gasteiger partial charge in [0.2, 0.25) is 0 Å². The SMILES string of the molecule is CCCC(C)(C)OC(=O)c1ccc(Oc2ccc(C(=O)Oc3ccc(C(C)c4ccc(C(C)(C)CC)c(C)c4)cc3C)cc2)cc1. The molecule has 1 unspecified atom stereocenters. The highest BCUT2D eigenvalue weighted by molar-refractivity contribution is 5.91. The predicted octanol–water partition coefficient (Wildman–Crippen LogP) is 10.9. The van der Waals surface area contributed by atoms with Crippen molar-refractivity contribution in [2.24, 2.45) is 0 Å². The van der Waals surface area contributed by atoms with Crippen LogP contribution in [0.4, 0.5) is 0 Å². The topological polar surface area (TPSA) is 61.8 Å². The summed E-state index contributed by atoms with van der Waals surface area (Å²) in [5.41, 5.74) is 6.58. The molecule has 0 N–H and O–H groups in total. The van der Waals surface area contributed by atoms with Crippen LogP contribution in [0, 0.1) is 13.8 Å². The zero-order chi connectivity index (χ0) is 33.6. The molecule has 0 saturated carbocycles. The van der Waals surface area contributed by atoms with Gasteiger partial charge in [0, 0.05) is 5.92 Å². The third-order valence-electron chi connectivity index (χ3n) is 8.90. The number of esters is 2. The van der Waals surface area contributed by atoms with E-state index in [1.807, 2.05) is 32.9 Å². The number of ether oxygens (including phenoxy) is 3. The van der Waals surface area contributed by atoms with E-state index < -0.39 is 11.6 Å². The van der Waals surface area contributed by atoms with E-state index >= 15 is 0 Å². The van der Waals surface area contributed by atoms with Gasteiger partial charge in [-0.1, -0.05) is 71.4 Å². The van der Waals surface area contributed by atoms with Gasteiger partial charge < -0.3 is 14.2 Å². The largest absolute Gasteiger partial charge is 0.457 e. The highest BCUT2D eigenvalue weighted by atomic mass is 16.6. The summed E-state index contributed by atoms with van der Waals surface area (Å²) in [6.45, 7) is 19.1. The van der Waals surface area contributed by atoms with E-state index in [9.17, 15) is 9.59 Å². The summed E-state index contributed by atoms with van der Waals surface area (Å²) < 4.78 is 17.3. The molecule has 0 aliphatic carbocycles. The number of carbonyl (C=O) groups is 2. The minimum absolute atomic E-state index is 0.150. The molecule has 0 amide bonds. The average Bonchev–Trinajstić information content (AvgIpc) is 3.01. The summed E-state index contributed by atoms with van der Waals surface area (Å²) in [6, 6.07) is 26.4. The summed E-state index contributed by atoms with van der Waals surface area (Å²) in [6.07, 6.45) is 2.82. The molecule has 0 aromatic heterocycles. The van der Waals surface area contributed by atoms with Crippen LogP contribution in [-0.2, 0) is 10.2 Å². The Labute approximate surface area is 274 Å². The number of benzene rings is 4. The molecule has 242 valence electrons. The van der Waals surface area contributed by atoms with E-state index in [0.717, 1.165) is 24.8 Å². The molecule has 0 fully saturated rings. The van der Waals surface area contributed by atoms with E-state index in [4.69, 9.17) is 14.2 Å². The number of aryl methyl sites for hydroxylation is 2. The molecular weight excluding hydrogens is 572 g/mol. The minimum atomic E-state index is -0.511. The molecule has 0 radical (unpaired) electrons. The first-order valence-electron chi connectivity index (χ1n) is 16.3. The van der Waals surface area contributed by atoms with Crippen molar-refractivity contribution in [1.82, 2.24) is 0 Å². The Morgan fingerprint density at radius 3 is 1.72 bits per heavy atom. The van der Waals surface area contributed by atoms with Crippen LogP contribution in [0.1, 0.15) is 122 Å². The van der Waals surface area contributed by atoms with Crippen LogP contribution in [0.3, 0.4) is 0 Å². The normalized spacial score (nSPS) is 12.4. The van der Waals surface area contributed by atoms with Crippen molar-refractivity contribution >= 4 is 11.9 Å². The van der Waals surface area contributed by atoms with Gasteiger partial charge in [-0.2, -0.15) is 0 Å². The summed E-state index contributed by atoms with van der Waals surface area (Å²) in [5, 5.41) is 0. The van der Waals surface area contributed by atoms with Gasteiger partial charge in [0.05, 0.1) is 11.1 Å². The zero-order valence-electron chi connectivity index (χ0n) is 28.8. The molecule has 4 aromatic carbocycles. The first-order chi connectivity index (χ1) is 21.7. The fourth-order valence-corrected chi connectivity index (χ4v) is 5.73. The number of carbonyl (C=O) groups excluding carboxylic acids is 2. The van der Waals surface area contributed by atoms with Gasteiger partial charge in [0.25, 0.3) is 0 Å². The van der Waals surface area contributed by atoms with Crippen molar-refractivity contribution in [2.45, 2.75) is 98.5 Å². The van der Waals surface area contributed by atoms with Gasteiger partial charge in [-0.05, 0) is 128 Å². The Morgan fingerprint density at radius 1 is 0.696 bits per heavy atom. The molecule has 0 aliphatic heterocycles. The average molecular weight is 621 g/mol. The van der Waals surface area contributed by atoms with Gasteiger partial charge in [-0.15, -0.1) is 0 Å². The van der Waals surface area contributed by atoms with Crippen LogP contribution >= 0.6 is 0 Å². The van der Waals surface area contributed by atoms with Crippen LogP contribution in [0.25, 0.3) is 0 Å². The lowest BCUT2D eigenvalue weighted by molar-refractivity contribution is -0.00474. The van der Waals surface area contributed by atoms with Crippen molar-refractivity contribution in [1.29, 1.82) is 0 Å². The minimum Gasteiger partial charge on any atom is -0.457 e. The second-order valence-electron chi connectivity index (χ2n) is 13.5. The molecule has 0 saturated heterocycles. The van der Waals surface area contributed by atoms with Crippen LogP contribution in [0.15, 0.2) is 84.9 Å². The second kappa shape index (κ2) is 14.4. The predicted molar refractivity (Wildman–Crippen MR) is 186 cm³/mol. The first-order valence-corrected chi connectivity index (χ1v) is 16.3. The molecule has 5 nitrogen and oxygen atoms in total. The van der Waals surface area contributed by atoms with E-state index in [2.05, 4.69) is 65.8 Å². The molecule has 4 aromatic rings. The summed E-state index contributed by atoms with van der Waals surface area (Å²) in [4.78, 5) is 25.5. The molecule has 46 heavy (non-hydrogen) atoms. The Balaban J connectivity index is 1.37. The van der Waals surface area contributed by atoms with Crippen molar-refractivity contribution < 1.29 is 23.8 Å². The third-order valence-corrected chi connectivity index (χ3v) is 8.90. The number of hydrogen-bond donors (Lipinski definition) is 0. The quantitative estimate of drug-likeness (QED) is 0.116. The van der Waals surface area contributed by atoms with Crippen molar-refractivity contribution in [3.05, 3.63) is 124 Å². The second-order valence-corrected chi connectivity index (χ2v) is 13.5. The fourth-order valence-electron chi connectivity index (χ4n) is 5.73. The Bertz CT molecular complexity index is 1660. The lowest BCUT2D eigenvalue weighted by Crippen LogP contribution is -2.27. The fraction of sp³-hybridized carbons (Fsp3) is 0.366. The van der Waals surface area contributed by atoms with Gasteiger partial charge in [-0.3, -0.25) is 0 Å². The van der Waals surface area contributed by atoms with E-state index in [0.29, 0.717) is 28.4 Å². The zero-order valence-corrected chi connectivity index (χ0v) is 28.8. The highest BCUT2D eigenvalue weighted by Gasteiger charge is 2.23. The summed E-state index contributed by atoms with van der Waals surface area (Å²) in [7, 11) is 0. The van der Waals surface area contributed by atoms with Crippen LogP contribution < -0.4 is 9.47 Å². The summed E-state index contributed by atoms with van der Waals surface area (Å²) in [5.74, 6) is 1.08. The third kappa shape index (κ3) is 8.45. The molecule has 0 bridgehead atoms. The van der Waals surface area contributed by atoms with Crippen LogP contribution in [0.2, 0.25) is 0 Å². The standard InChI is InChI=1S/C41H48O5/c1-10-24-41(8,9)46-39(43)31-14-20-35(21-15-31)44-34-18-12-30(13-19-34)38(42)45-37-23-17-33(26-28(37)4)29(5)32-16-22-36(27(3)25-32)40(6,7)11-2/h12-23,25-26,29H,10-11,24H2,1-9H3. The van der Waals surface area contributed by atoms with Gasteiger partial charge in [0.1, 0.15) is 22.8 Å². The molecular formula is C41H48O5. The maximum Gasteiger partial charge on any atom is 0.343 e. The maximum atomic E-state index is 13.0. The summed E-state index contributed by atoms with van der Waals surface area (Å²) >= 11 is 0. The van der Waals surface area contributed by atoms with Crippen molar-refractivity contribution in [2.75, 3.05) is 0 Å². The highest BCUT2D eigenvalue weighted by Crippen LogP contribution is 2.34. The molecule has 1 atom stereocenters. The molecule has 4 rings (SSSR count). The number of rotatable bonds is 12. The van der Waals surface area contributed by atoms with Crippen molar-refractivity contribution in [3.8, 4) is 17.2 Å². The van der Waals surface area contributed by atoms with Gasteiger partial charge >= 0.3 is 11.9 Å². The van der Waals surface area contributed by atoms with E-state index in [1.165, 1.54) is 22.3 Å². The van der Waals surface area contributed by atoms with Crippen molar-refractivity contribution in [3.63, 3.8) is 0 Å². The number of hydrogen-bond acceptors (Lipinski definition) is 5. The van der Waals surface area contributed by atoms with Crippen LogP contribution in [-0.4, -0.2) is 17.5 Å². The molecule has 0 heterocycles. The Morgan fingerprint density at radius 2 is 1.22 bits per heavy atom.